The minimum absolute atomic E-state index is 0.149. The molecule has 1 aromatic heterocycles. The third-order valence-corrected chi connectivity index (χ3v) is 4.67. The number of hydrogen-bond donors (Lipinski definition) is 0. The number of carbonyl (C=O) groups excluding carboxylic acids is 1. The molecule has 0 radical (unpaired) electrons. The van der Waals surface area contributed by atoms with Crippen LogP contribution in [0.15, 0.2) is 71.2 Å². The van der Waals surface area contributed by atoms with E-state index in [9.17, 15) is 4.79 Å². The molecule has 3 nitrogen and oxygen atoms in total. The van der Waals surface area contributed by atoms with Gasteiger partial charge >= 0.3 is 0 Å². The minimum atomic E-state index is -0.149. The molecule has 0 atom stereocenters. The van der Waals surface area contributed by atoms with Gasteiger partial charge in [0.25, 0.3) is 5.91 Å². The van der Waals surface area contributed by atoms with Gasteiger partial charge in [-0.1, -0.05) is 41.7 Å². The lowest BCUT2D eigenvalue weighted by Crippen LogP contribution is -2.30. The molecule has 4 rings (SSSR count). The van der Waals surface area contributed by atoms with Crippen molar-refractivity contribution >= 4 is 33.2 Å². The Labute approximate surface area is 131 Å². The van der Waals surface area contributed by atoms with Crippen LogP contribution >= 0.6 is 11.3 Å². The van der Waals surface area contributed by atoms with Crippen molar-refractivity contribution in [2.24, 2.45) is 4.99 Å². The summed E-state index contributed by atoms with van der Waals surface area (Å²) in [5.41, 5.74) is 5.70. The average Bonchev–Trinajstić information content (AvgIpc) is 3.10. The van der Waals surface area contributed by atoms with Gasteiger partial charge in [0.1, 0.15) is 4.70 Å². The van der Waals surface area contributed by atoms with Crippen molar-refractivity contribution in [3.63, 3.8) is 0 Å². The topological polar surface area (TPSA) is 33.3 Å². The summed E-state index contributed by atoms with van der Waals surface area (Å²) in [7, 11) is 0. The standard InChI is InChI=1S/C18H13N2OS/c21-18-14-7-2-1-6-13(14)15(19-18)8-5-11-20-12-22-17-10-4-3-9-16(17)20/h1-10,12H,11H2/q+1. The molecular weight excluding hydrogens is 292 g/mol. The molecule has 2 heterocycles. The van der Waals surface area contributed by atoms with E-state index in [1.54, 1.807) is 11.3 Å². The first-order valence-electron chi connectivity index (χ1n) is 7.07. The smallest absolute Gasteiger partial charge is 0.267 e. The van der Waals surface area contributed by atoms with Crippen molar-refractivity contribution in [1.29, 1.82) is 0 Å². The molecule has 1 amide bonds. The van der Waals surface area contributed by atoms with Crippen molar-refractivity contribution < 1.29 is 9.36 Å². The van der Waals surface area contributed by atoms with Gasteiger partial charge in [-0.2, -0.15) is 4.57 Å². The molecule has 106 valence electrons. The largest absolute Gasteiger partial charge is 0.278 e. The SMILES string of the molecule is O=C1N=C(C=CC[n+]2csc3ccccc32)c2ccccc21. The molecule has 0 aliphatic carbocycles. The van der Waals surface area contributed by atoms with Crippen LogP contribution in [-0.4, -0.2) is 11.6 Å². The second-order valence-electron chi connectivity index (χ2n) is 5.09. The number of para-hydroxylation sites is 1. The summed E-state index contributed by atoms with van der Waals surface area (Å²) in [6.45, 7) is 0.763. The fourth-order valence-corrected chi connectivity index (χ4v) is 3.54. The van der Waals surface area contributed by atoms with E-state index in [1.165, 1.54) is 10.2 Å². The van der Waals surface area contributed by atoms with Crippen LogP contribution in [0.5, 0.6) is 0 Å². The minimum Gasteiger partial charge on any atom is -0.267 e. The van der Waals surface area contributed by atoms with Crippen LogP contribution in [0.1, 0.15) is 15.9 Å². The Balaban J connectivity index is 1.59. The Morgan fingerprint density at radius 3 is 2.73 bits per heavy atom. The zero-order valence-corrected chi connectivity index (χ0v) is 12.6. The lowest BCUT2D eigenvalue weighted by molar-refractivity contribution is -0.656. The predicted octanol–water partition coefficient (Wildman–Crippen LogP) is 3.39. The summed E-state index contributed by atoms with van der Waals surface area (Å²) in [6.07, 6.45) is 3.98. The molecule has 0 saturated heterocycles. The summed E-state index contributed by atoms with van der Waals surface area (Å²) in [6, 6.07) is 15.9. The van der Waals surface area contributed by atoms with Crippen LogP contribution in [0.2, 0.25) is 0 Å². The normalized spacial score (nSPS) is 13.8. The number of allylic oxidation sites excluding steroid dienone is 2. The van der Waals surface area contributed by atoms with Gasteiger partial charge in [0, 0.05) is 11.6 Å². The van der Waals surface area contributed by atoms with E-state index < -0.39 is 0 Å². The van der Waals surface area contributed by atoms with E-state index in [1.807, 2.05) is 42.5 Å². The molecule has 0 saturated carbocycles. The van der Waals surface area contributed by atoms with E-state index in [0.29, 0.717) is 5.56 Å². The zero-order valence-electron chi connectivity index (χ0n) is 11.8. The van der Waals surface area contributed by atoms with Crippen molar-refractivity contribution in [1.82, 2.24) is 0 Å². The first-order chi connectivity index (χ1) is 10.8. The second-order valence-corrected chi connectivity index (χ2v) is 5.98. The maximum Gasteiger partial charge on any atom is 0.278 e. The van der Waals surface area contributed by atoms with Gasteiger partial charge in [0.2, 0.25) is 11.0 Å². The van der Waals surface area contributed by atoms with Gasteiger partial charge in [0.05, 0.1) is 11.3 Å². The van der Waals surface area contributed by atoms with E-state index in [0.717, 1.165) is 17.8 Å². The van der Waals surface area contributed by atoms with E-state index in [2.05, 4.69) is 33.3 Å². The van der Waals surface area contributed by atoms with Crippen molar-refractivity contribution in [2.45, 2.75) is 6.54 Å². The van der Waals surface area contributed by atoms with Crippen LogP contribution in [-0.2, 0) is 6.54 Å². The summed E-state index contributed by atoms with van der Waals surface area (Å²) >= 11 is 1.73. The molecule has 1 aliphatic heterocycles. The van der Waals surface area contributed by atoms with Crippen molar-refractivity contribution in [3.8, 4) is 0 Å². The Kier molecular flexibility index (Phi) is 3.16. The van der Waals surface area contributed by atoms with E-state index in [-0.39, 0.29) is 5.91 Å². The first kappa shape index (κ1) is 13.1. The Morgan fingerprint density at radius 1 is 1.05 bits per heavy atom. The Morgan fingerprint density at radius 2 is 1.82 bits per heavy atom. The summed E-state index contributed by atoms with van der Waals surface area (Å²) in [5, 5.41) is 0. The number of hydrogen-bond acceptors (Lipinski definition) is 2. The lowest BCUT2D eigenvalue weighted by Gasteiger charge is -1.96. The number of aromatic nitrogens is 1. The van der Waals surface area contributed by atoms with Crippen molar-refractivity contribution in [3.05, 3.63) is 77.3 Å². The Bertz CT molecular complexity index is 937. The fourth-order valence-electron chi connectivity index (χ4n) is 2.64. The number of carbonyl (C=O) groups is 1. The number of rotatable bonds is 3. The third-order valence-electron chi connectivity index (χ3n) is 3.71. The van der Waals surface area contributed by atoms with Crippen LogP contribution in [0, 0.1) is 0 Å². The number of nitrogens with zero attached hydrogens (tertiary/aromatic N) is 2. The summed E-state index contributed by atoms with van der Waals surface area (Å²) in [4.78, 5) is 15.9. The van der Waals surface area contributed by atoms with Gasteiger partial charge in [-0.25, -0.2) is 4.99 Å². The quantitative estimate of drug-likeness (QED) is 0.683. The molecular formula is C18H13N2OS+. The molecule has 4 heteroatoms. The van der Waals surface area contributed by atoms with Crippen LogP contribution in [0.3, 0.4) is 0 Å². The van der Waals surface area contributed by atoms with E-state index >= 15 is 0 Å². The molecule has 0 unspecified atom stereocenters. The number of fused-ring (bicyclic) bond motifs is 2. The van der Waals surface area contributed by atoms with Gasteiger partial charge in [0.15, 0.2) is 6.54 Å². The molecule has 0 fully saturated rings. The average molecular weight is 305 g/mol. The Hall–Kier alpha value is -2.59. The van der Waals surface area contributed by atoms with Gasteiger partial charge in [-0.3, -0.25) is 4.79 Å². The monoisotopic (exact) mass is 305 g/mol. The molecule has 0 spiro atoms. The van der Waals surface area contributed by atoms with Gasteiger partial charge in [-0.05, 0) is 24.3 Å². The summed E-state index contributed by atoms with van der Waals surface area (Å²) < 4.78 is 3.47. The highest BCUT2D eigenvalue weighted by Crippen LogP contribution is 2.19. The highest BCUT2D eigenvalue weighted by Gasteiger charge is 2.20. The molecule has 0 N–H and O–H groups in total. The first-order valence-corrected chi connectivity index (χ1v) is 7.95. The van der Waals surface area contributed by atoms with Crippen LogP contribution in [0.25, 0.3) is 10.2 Å². The fraction of sp³-hybridized carbons (Fsp3) is 0.0556. The number of benzene rings is 2. The molecule has 3 aromatic rings. The molecule has 0 bridgehead atoms. The molecule has 2 aromatic carbocycles. The van der Waals surface area contributed by atoms with Crippen LogP contribution in [0.4, 0.5) is 0 Å². The maximum atomic E-state index is 11.8. The number of amides is 1. The predicted molar refractivity (Wildman–Crippen MR) is 88.5 cm³/mol. The van der Waals surface area contributed by atoms with Crippen molar-refractivity contribution in [2.75, 3.05) is 0 Å². The summed E-state index contributed by atoms with van der Waals surface area (Å²) in [5.74, 6) is -0.149. The number of aliphatic imine (C=N–C) groups is 1. The third kappa shape index (κ3) is 2.18. The molecule has 22 heavy (non-hydrogen) atoms. The zero-order chi connectivity index (χ0) is 14.9. The van der Waals surface area contributed by atoms with Gasteiger partial charge in [-0.15, -0.1) is 0 Å². The lowest BCUT2D eigenvalue weighted by atomic mass is 10.1. The highest BCUT2D eigenvalue weighted by molar-refractivity contribution is 7.16. The maximum absolute atomic E-state index is 11.8. The van der Waals surface area contributed by atoms with Crippen LogP contribution < -0.4 is 4.57 Å². The molecule has 1 aliphatic rings. The van der Waals surface area contributed by atoms with Gasteiger partial charge < -0.3 is 0 Å². The number of thiazole rings is 1. The second kappa shape index (κ2) is 5.31. The van der Waals surface area contributed by atoms with E-state index in [4.69, 9.17) is 0 Å². The highest BCUT2D eigenvalue weighted by atomic mass is 32.1.